The highest BCUT2D eigenvalue weighted by atomic mass is 79.9. The van der Waals surface area contributed by atoms with Crippen LogP contribution in [0, 0.1) is 11.8 Å². The van der Waals surface area contributed by atoms with Crippen LogP contribution in [0.1, 0.15) is 24.5 Å². The number of nitrogens with one attached hydrogen (secondary N) is 1. The lowest BCUT2D eigenvalue weighted by molar-refractivity contribution is -0.966. The van der Waals surface area contributed by atoms with E-state index in [0.29, 0.717) is 22.9 Å². The highest BCUT2D eigenvalue weighted by Crippen LogP contribution is 2.47. The van der Waals surface area contributed by atoms with Gasteiger partial charge in [-0.2, -0.15) is 0 Å². The molecule has 1 aromatic heterocycles. The van der Waals surface area contributed by atoms with Gasteiger partial charge in [-0.05, 0) is 35.2 Å². The Labute approximate surface area is 240 Å². The van der Waals surface area contributed by atoms with Crippen LogP contribution in [-0.2, 0) is 4.79 Å². The maximum absolute atomic E-state index is 13.7. The number of hydrogen-bond acceptors (Lipinski definition) is 3. The molecular weight excluding hydrogens is 550 g/mol. The molecule has 5 atom stereocenters. The summed E-state index contributed by atoms with van der Waals surface area (Å²) in [5.74, 6) is 0.821. The van der Waals surface area contributed by atoms with E-state index in [-0.39, 0.29) is 28.9 Å². The summed E-state index contributed by atoms with van der Waals surface area (Å²) in [6, 6.07) is 27.9. The van der Waals surface area contributed by atoms with Crippen molar-refractivity contribution in [2.45, 2.75) is 25.0 Å². The van der Waals surface area contributed by atoms with E-state index in [4.69, 9.17) is 0 Å². The number of halogens is 1. The molecule has 0 radical (unpaired) electrons. The van der Waals surface area contributed by atoms with E-state index >= 15 is 0 Å². The van der Waals surface area contributed by atoms with Crippen molar-refractivity contribution in [1.82, 2.24) is 4.98 Å². The number of aromatic nitrogens is 1. The third kappa shape index (κ3) is 5.17. The predicted octanol–water partition coefficient (Wildman–Crippen LogP) is 2.99. The first-order chi connectivity index (χ1) is 18.6. The van der Waals surface area contributed by atoms with Crippen LogP contribution >= 0.6 is 0 Å². The lowest BCUT2D eigenvalue weighted by atomic mass is 9.71. The topological polar surface area (TPSA) is 62.2 Å². The number of amides is 1. The summed E-state index contributed by atoms with van der Waals surface area (Å²) in [5, 5.41) is 16.1. The average Bonchev–Trinajstić information content (AvgIpc) is 2.97. The fourth-order valence-electron chi connectivity index (χ4n) is 6.90. The number of hydrogen-bond donors (Lipinski definition) is 2. The minimum absolute atomic E-state index is 0. The minimum atomic E-state index is -0.680. The first-order valence-corrected chi connectivity index (χ1v) is 13.5. The van der Waals surface area contributed by atoms with Crippen LogP contribution in [0.2, 0.25) is 0 Å². The number of fused-ring (bicyclic) bond motifs is 4. The highest BCUT2D eigenvalue weighted by Gasteiger charge is 2.54. The number of benzene rings is 3. The van der Waals surface area contributed by atoms with Gasteiger partial charge in [0.25, 0.3) is 5.91 Å². The van der Waals surface area contributed by atoms with Crippen molar-refractivity contribution in [1.29, 1.82) is 0 Å². The molecule has 2 N–H and O–H groups in total. The minimum Gasteiger partial charge on any atom is -1.00 e. The van der Waals surface area contributed by atoms with Crippen molar-refractivity contribution in [3.8, 4) is 11.1 Å². The number of para-hydroxylation sites is 2. The summed E-state index contributed by atoms with van der Waals surface area (Å²) in [6.45, 7) is 6.15. The Morgan fingerprint density at radius 1 is 1.05 bits per heavy atom. The standard InChI is InChI=1S/C33H33N3O2.BrH/c1-2-23-21-36(22-32(37)35-30-15-9-6-12-26(30)24-10-4-3-5-11-24)19-17-25(23)20-31(36)33(38)28-16-18-34-29-14-8-7-13-27(28)29;/h2-16,18,23,25,31,33,38H,1,17,19-22H2;1H/t23-,25-,31+,33-,36-;/m0./s1. The molecule has 4 heterocycles. The molecule has 6 heteroatoms. The van der Waals surface area contributed by atoms with E-state index in [2.05, 4.69) is 35.1 Å². The van der Waals surface area contributed by atoms with Gasteiger partial charge in [-0.15, -0.1) is 6.58 Å². The van der Waals surface area contributed by atoms with E-state index in [1.807, 2.05) is 72.8 Å². The van der Waals surface area contributed by atoms with Gasteiger partial charge in [0.2, 0.25) is 0 Å². The quantitative estimate of drug-likeness (QED) is 0.260. The number of aliphatic hydroxyl groups excluding tert-OH is 1. The van der Waals surface area contributed by atoms with Crippen molar-refractivity contribution in [3.05, 3.63) is 109 Å². The Bertz CT molecular complexity index is 1470. The molecule has 3 aliphatic rings. The lowest BCUT2D eigenvalue weighted by Gasteiger charge is -2.57. The number of aliphatic hydroxyl groups is 1. The monoisotopic (exact) mass is 583 g/mol. The fourth-order valence-corrected chi connectivity index (χ4v) is 6.90. The summed E-state index contributed by atoms with van der Waals surface area (Å²) < 4.78 is 0.574. The van der Waals surface area contributed by atoms with Gasteiger partial charge < -0.3 is 31.9 Å². The van der Waals surface area contributed by atoms with Crippen LogP contribution in [-0.4, -0.2) is 46.2 Å². The number of rotatable bonds is 7. The maximum atomic E-state index is 13.7. The Balaban J connectivity index is 0.00000308. The summed E-state index contributed by atoms with van der Waals surface area (Å²) in [4.78, 5) is 18.2. The summed E-state index contributed by atoms with van der Waals surface area (Å²) in [6.07, 6.45) is 5.08. The molecule has 3 aromatic carbocycles. The van der Waals surface area contributed by atoms with Crippen LogP contribution in [0.15, 0.2) is 104 Å². The average molecular weight is 585 g/mol. The number of carbonyl (C=O) groups excluding carboxylic acids is 1. The molecular formula is C33H34BrN3O2. The molecule has 4 aromatic rings. The molecule has 0 unspecified atom stereocenters. The number of nitrogens with zero attached hydrogens (tertiary/aromatic N) is 2. The first kappa shape index (κ1) is 27.3. The number of piperidine rings is 3. The molecule has 0 saturated carbocycles. The first-order valence-electron chi connectivity index (χ1n) is 13.5. The number of pyridine rings is 1. The second kappa shape index (κ2) is 11.4. The van der Waals surface area contributed by atoms with Gasteiger partial charge in [-0.3, -0.25) is 9.78 Å². The summed E-state index contributed by atoms with van der Waals surface area (Å²) >= 11 is 0. The second-order valence-electron chi connectivity index (χ2n) is 10.9. The van der Waals surface area contributed by atoms with Crippen molar-refractivity contribution in [2.75, 3.05) is 25.0 Å². The van der Waals surface area contributed by atoms with Crippen molar-refractivity contribution >= 4 is 22.5 Å². The van der Waals surface area contributed by atoms with Gasteiger partial charge in [0.15, 0.2) is 6.54 Å². The van der Waals surface area contributed by atoms with Crippen molar-refractivity contribution in [2.24, 2.45) is 11.8 Å². The van der Waals surface area contributed by atoms with Gasteiger partial charge >= 0.3 is 0 Å². The number of quaternary nitrogens is 1. The van der Waals surface area contributed by atoms with Crippen LogP contribution in [0.4, 0.5) is 5.69 Å². The van der Waals surface area contributed by atoms with Crippen molar-refractivity contribution < 1.29 is 31.4 Å². The Hall–Kier alpha value is -3.32. The Morgan fingerprint density at radius 3 is 2.62 bits per heavy atom. The maximum Gasteiger partial charge on any atom is 0.279 e. The third-order valence-corrected chi connectivity index (χ3v) is 8.79. The Morgan fingerprint density at radius 2 is 1.79 bits per heavy atom. The summed E-state index contributed by atoms with van der Waals surface area (Å²) in [5.41, 5.74) is 4.66. The highest BCUT2D eigenvalue weighted by molar-refractivity contribution is 5.96. The molecule has 3 saturated heterocycles. The van der Waals surface area contributed by atoms with E-state index in [9.17, 15) is 9.90 Å². The van der Waals surface area contributed by atoms with Crippen LogP contribution in [0.3, 0.4) is 0 Å². The molecule has 39 heavy (non-hydrogen) atoms. The van der Waals surface area contributed by atoms with Crippen molar-refractivity contribution in [3.63, 3.8) is 0 Å². The molecule has 0 aliphatic carbocycles. The number of anilines is 1. The SMILES string of the molecule is C=C[C@H]1C[N@+]2(CC(=O)Nc3ccccc3-c3ccccc3)CC[C@H]1C[C@@H]2[C@@H](O)c1ccnc2ccccc12.[Br-]. The van der Waals surface area contributed by atoms with E-state index in [1.165, 1.54) is 0 Å². The van der Waals surface area contributed by atoms with Gasteiger partial charge in [0.05, 0.1) is 18.6 Å². The zero-order chi connectivity index (χ0) is 26.1. The van der Waals surface area contributed by atoms with E-state index < -0.39 is 6.10 Å². The third-order valence-electron chi connectivity index (χ3n) is 8.79. The van der Waals surface area contributed by atoms with E-state index in [1.54, 1.807) is 6.20 Å². The number of carbonyl (C=O) groups is 1. The fraction of sp³-hybridized carbons (Fsp3) is 0.273. The molecule has 1 amide bonds. The molecule has 200 valence electrons. The van der Waals surface area contributed by atoms with Gasteiger partial charge in [-0.25, -0.2) is 0 Å². The largest absolute Gasteiger partial charge is 1.00 e. The Kier molecular flexibility index (Phi) is 7.98. The van der Waals surface area contributed by atoms with Gasteiger partial charge in [-0.1, -0.05) is 72.8 Å². The molecule has 3 aliphatic heterocycles. The van der Waals surface area contributed by atoms with Crippen LogP contribution in [0.25, 0.3) is 22.0 Å². The molecule has 3 fully saturated rings. The molecule has 2 bridgehead atoms. The van der Waals surface area contributed by atoms with Crippen LogP contribution in [0.5, 0.6) is 0 Å². The van der Waals surface area contributed by atoms with E-state index in [0.717, 1.165) is 59.2 Å². The predicted molar refractivity (Wildman–Crippen MR) is 152 cm³/mol. The molecule has 0 spiro atoms. The van der Waals surface area contributed by atoms with Gasteiger partial charge in [0, 0.05) is 41.6 Å². The molecule has 5 nitrogen and oxygen atoms in total. The normalized spacial score (nSPS) is 24.5. The zero-order valence-electron chi connectivity index (χ0n) is 21.9. The smallest absolute Gasteiger partial charge is 0.279 e. The lowest BCUT2D eigenvalue weighted by Crippen LogP contribution is -3.00. The summed E-state index contributed by atoms with van der Waals surface area (Å²) in [7, 11) is 0. The van der Waals surface area contributed by atoms with Gasteiger partial charge in [0.1, 0.15) is 12.1 Å². The second-order valence-corrected chi connectivity index (χ2v) is 10.9. The molecule has 7 rings (SSSR count). The zero-order valence-corrected chi connectivity index (χ0v) is 23.5. The van der Waals surface area contributed by atoms with Crippen LogP contribution < -0.4 is 22.3 Å².